The van der Waals surface area contributed by atoms with Gasteiger partial charge in [0.15, 0.2) is 5.15 Å². The van der Waals surface area contributed by atoms with Gasteiger partial charge in [-0.2, -0.15) is 0 Å². The normalized spacial score (nSPS) is 14.9. The van der Waals surface area contributed by atoms with Gasteiger partial charge in [0.05, 0.1) is 13.2 Å². The molecule has 3 rings (SSSR count). The van der Waals surface area contributed by atoms with Gasteiger partial charge in [0, 0.05) is 24.8 Å². The fourth-order valence-corrected chi connectivity index (χ4v) is 2.86. The van der Waals surface area contributed by atoms with Gasteiger partial charge in [0.25, 0.3) is 0 Å². The number of aromatic nitrogens is 1. The van der Waals surface area contributed by atoms with Crippen molar-refractivity contribution in [2.75, 3.05) is 31.2 Å². The molecule has 0 N–H and O–H groups in total. The first kappa shape index (κ1) is 15.1. The molecule has 5 heteroatoms. The minimum atomic E-state index is 0.491. The van der Waals surface area contributed by atoms with Crippen LogP contribution in [-0.4, -0.2) is 31.3 Å². The Balaban J connectivity index is 1.85. The number of benzene rings is 1. The summed E-state index contributed by atoms with van der Waals surface area (Å²) in [5.41, 5.74) is 2.84. The van der Waals surface area contributed by atoms with Crippen molar-refractivity contribution in [2.24, 2.45) is 0 Å². The summed E-state index contributed by atoms with van der Waals surface area (Å²) >= 11 is 6.38. The molecule has 0 aliphatic carbocycles. The number of hydrogen-bond acceptors (Lipinski definition) is 4. The van der Waals surface area contributed by atoms with Gasteiger partial charge >= 0.3 is 0 Å². The van der Waals surface area contributed by atoms with Gasteiger partial charge in [-0.3, -0.25) is 0 Å². The third-order valence-corrected chi connectivity index (χ3v) is 3.87. The van der Waals surface area contributed by atoms with Gasteiger partial charge in [-0.25, -0.2) is 4.98 Å². The highest BCUT2D eigenvalue weighted by molar-refractivity contribution is 6.32. The molecule has 1 saturated heterocycles. The van der Waals surface area contributed by atoms with E-state index in [2.05, 4.69) is 9.88 Å². The van der Waals surface area contributed by atoms with E-state index in [9.17, 15) is 0 Å². The number of nitrogens with zero attached hydrogens (tertiary/aromatic N) is 2. The van der Waals surface area contributed by atoms with Crippen molar-refractivity contribution < 1.29 is 9.47 Å². The lowest BCUT2D eigenvalue weighted by Gasteiger charge is -2.30. The first-order valence-electron chi connectivity index (χ1n) is 7.40. The van der Waals surface area contributed by atoms with Crippen LogP contribution in [0.4, 0.5) is 5.69 Å². The predicted octanol–water partition coefficient (Wildman–Crippen LogP) is 3.46. The van der Waals surface area contributed by atoms with Gasteiger partial charge in [-0.1, -0.05) is 41.9 Å². The molecule has 0 unspecified atom stereocenters. The van der Waals surface area contributed by atoms with Crippen LogP contribution in [0.3, 0.4) is 0 Å². The van der Waals surface area contributed by atoms with E-state index in [1.54, 1.807) is 0 Å². The number of halogens is 1. The smallest absolute Gasteiger partial charge is 0.156 e. The fourth-order valence-electron chi connectivity index (χ4n) is 2.52. The van der Waals surface area contributed by atoms with E-state index in [-0.39, 0.29) is 0 Å². The fraction of sp³-hybridized carbons (Fsp3) is 0.353. The zero-order valence-electron chi connectivity index (χ0n) is 12.6. The van der Waals surface area contributed by atoms with Crippen LogP contribution in [0.2, 0.25) is 5.15 Å². The van der Waals surface area contributed by atoms with Crippen LogP contribution in [0.1, 0.15) is 11.3 Å². The molecule has 1 fully saturated rings. The van der Waals surface area contributed by atoms with Gasteiger partial charge in [-0.05, 0) is 12.5 Å². The van der Waals surface area contributed by atoms with Gasteiger partial charge in [-0.15, -0.1) is 0 Å². The molecule has 0 saturated carbocycles. The van der Waals surface area contributed by atoms with E-state index in [0.29, 0.717) is 25.0 Å². The summed E-state index contributed by atoms with van der Waals surface area (Å²) in [4.78, 5) is 6.55. The number of anilines is 1. The SMILES string of the molecule is Cc1cc(OCc2ccccc2)c(N2CCOCC2)c(Cl)n1. The molecule has 0 radical (unpaired) electrons. The van der Waals surface area contributed by atoms with Crippen molar-refractivity contribution in [3.63, 3.8) is 0 Å². The van der Waals surface area contributed by atoms with Crippen LogP contribution >= 0.6 is 11.6 Å². The van der Waals surface area contributed by atoms with Crippen molar-refractivity contribution in [3.05, 3.63) is 52.8 Å². The maximum atomic E-state index is 6.38. The Morgan fingerprint density at radius 2 is 1.95 bits per heavy atom. The van der Waals surface area contributed by atoms with E-state index in [4.69, 9.17) is 21.1 Å². The largest absolute Gasteiger partial charge is 0.487 e. The third-order valence-electron chi connectivity index (χ3n) is 3.61. The van der Waals surface area contributed by atoms with Crippen molar-refractivity contribution in [1.29, 1.82) is 0 Å². The molecule has 1 aliphatic rings. The first-order chi connectivity index (χ1) is 10.7. The molecule has 2 aromatic rings. The van der Waals surface area contributed by atoms with Gasteiger partial charge < -0.3 is 14.4 Å². The van der Waals surface area contributed by atoms with E-state index in [1.807, 2.05) is 43.3 Å². The molecule has 116 valence electrons. The highest BCUT2D eigenvalue weighted by Crippen LogP contribution is 2.36. The van der Waals surface area contributed by atoms with Crippen LogP contribution in [-0.2, 0) is 11.3 Å². The quantitative estimate of drug-likeness (QED) is 0.809. The summed E-state index contributed by atoms with van der Waals surface area (Å²) in [6.07, 6.45) is 0. The van der Waals surface area contributed by atoms with Gasteiger partial charge in [0.1, 0.15) is 18.0 Å². The van der Waals surface area contributed by atoms with Crippen LogP contribution in [0.15, 0.2) is 36.4 Å². The van der Waals surface area contributed by atoms with Crippen molar-refractivity contribution >= 4 is 17.3 Å². The molecule has 22 heavy (non-hydrogen) atoms. The van der Waals surface area contributed by atoms with Crippen LogP contribution < -0.4 is 9.64 Å². The Bertz CT molecular complexity index is 628. The molecule has 1 aromatic heterocycles. The average molecular weight is 319 g/mol. The van der Waals surface area contributed by atoms with E-state index in [1.165, 1.54) is 0 Å². The Hall–Kier alpha value is -1.78. The number of aryl methyl sites for hydroxylation is 1. The molecule has 0 spiro atoms. The number of pyridine rings is 1. The summed E-state index contributed by atoms with van der Waals surface area (Å²) in [7, 11) is 0. The molecule has 1 aromatic carbocycles. The third kappa shape index (κ3) is 3.51. The van der Waals surface area contributed by atoms with E-state index in [0.717, 1.165) is 35.8 Å². The van der Waals surface area contributed by atoms with Gasteiger partial charge in [0.2, 0.25) is 0 Å². The van der Waals surface area contributed by atoms with Crippen molar-refractivity contribution in [2.45, 2.75) is 13.5 Å². The Labute approximate surface area is 135 Å². The van der Waals surface area contributed by atoms with E-state index >= 15 is 0 Å². The topological polar surface area (TPSA) is 34.6 Å². The molecular formula is C17H19ClN2O2. The Morgan fingerprint density at radius 3 is 2.68 bits per heavy atom. The number of morpholine rings is 1. The zero-order valence-corrected chi connectivity index (χ0v) is 13.3. The second kappa shape index (κ2) is 6.99. The van der Waals surface area contributed by atoms with Crippen molar-refractivity contribution in [3.8, 4) is 5.75 Å². The summed E-state index contributed by atoms with van der Waals surface area (Å²) in [6.45, 7) is 5.42. The minimum Gasteiger partial charge on any atom is -0.487 e. The molecule has 2 heterocycles. The highest BCUT2D eigenvalue weighted by atomic mass is 35.5. The Kier molecular flexibility index (Phi) is 4.80. The zero-order chi connectivity index (χ0) is 15.4. The highest BCUT2D eigenvalue weighted by Gasteiger charge is 2.20. The summed E-state index contributed by atoms with van der Waals surface area (Å²) in [5.74, 6) is 0.781. The molecular weight excluding hydrogens is 300 g/mol. The predicted molar refractivity (Wildman–Crippen MR) is 87.8 cm³/mol. The minimum absolute atomic E-state index is 0.491. The lowest BCUT2D eigenvalue weighted by molar-refractivity contribution is 0.122. The summed E-state index contributed by atoms with van der Waals surface area (Å²) in [6, 6.07) is 12.0. The second-order valence-corrected chi connectivity index (χ2v) is 5.63. The maximum Gasteiger partial charge on any atom is 0.156 e. The van der Waals surface area contributed by atoms with Crippen LogP contribution in [0.25, 0.3) is 0 Å². The molecule has 0 atom stereocenters. The second-order valence-electron chi connectivity index (χ2n) is 5.27. The Morgan fingerprint density at radius 1 is 1.23 bits per heavy atom. The lowest BCUT2D eigenvalue weighted by atomic mass is 10.2. The molecule has 0 amide bonds. The monoisotopic (exact) mass is 318 g/mol. The summed E-state index contributed by atoms with van der Waals surface area (Å²) in [5, 5.41) is 0.491. The number of hydrogen-bond donors (Lipinski definition) is 0. The van der Waals surface area contributed by atoms with Crippen molar-refractivity contribution in [1.82, 2.24) is 4.98 Å². The first-order valence-corrected chi connectivity index (χ1v) is 7.78. The van der Waals surface area contributed by atoms with E-state index < -0.39 is 0 Å². The van der Waals surface area contributed by atoms with Crippen LogP contribution in [0, 0.1) is 6.92 Å². The van der Waals surface area contributed by atoms with Crippen LogP contribution in [0.5, 0.6) is 5.75 Å². The molecule has 1 aliphatic heterocycles. The lowest BCUT2D eigenvalue weighted by Crippen LogP contribution is -2.36. The summed E-state index contributed by atoms with van der Waals surface area (Å²) < 4.78 is 11.4. The maximum absolute atomic E-state index is 6.38. The number of rotatable bonds is 4. The molecule has 4 nitrogen and oxygen atoms in total. The average Bonchev–Trinajstić information content (AvgIpc) is 2.54. The number of ether oxygens (including phenoxy) is 2. The molecule has 0 bridgehead atoms. The standard InChI is InChI=1S/C17H19ClN2O2/c1-13-11-15(22-12-14-5-3-2-4-6-14)16(17(18)19-13)20-7-9-21-10-8-20/h2-6,11H,7-10,12H2,1H3.